The number of carbonyl (C=O) groups is 2. The highest BCUT2D eigenvalue weighted by molar-refractivity contribution is 6.55. The van der Waals surface area contributed by atoms with Gasteiger partial charge >= 0.3 is 5.97 Å². The Balaban J connectivity index is 2.36. The van der Waals surface area contributed by atoms with Crippen LogP contribution in [-0.4, -0.2) is 30.6 Å². The van der Waals surface area contributed by atoms with Gasteiger partial charge in [-0.1, -0.05) is 35.3 Å². The minimum atomic E-state index is -1.42. The summed E-state index contributed by atoms with van der Waals surface area (Å²) in [5, 5.41) is 11.1. The number of hydrogen-bond acceptors (Lipinski definition) is 5. The Kier molecular flexibility index (Phi) is 6.49. The summed E-state index contributed by atoms with van der Waals surface area (Å²) in [5.41, 5.74) is -0.857. The number of hydrogen-bond donors (Lipinski definition) is 1. The van der Waals surface area contributed by atoms with E-state index in [4.69, 9.17) is 32.7 Å². The van der Waals surface area contributed by atoms with Crippen LogP contribution in [0.1, 0.15) is 25.3 Å². The Hall–Kier alpha value is -1.56. The zero-order valence-electron chi connectivity index (χ0n) is 14.0. The summed E-state index contributed by atoms with van der Waals surface area (Å²) in [7, 11) is 1.54. The van der Waals surface area contributed by atoms with Gasteiger partial charge in [0.2, 0.25) is 0 Å². The van der Waals surface area contributed by atoms with Gasteiger partial charge in [0.1, 0.15) is 16.2 Å². The molecular formula is C18H20Cl2O5. The van der Waals surface area contributed by atoms with Crippen molar-refractivity contribution in [2.45, 2.75) is 25.4 Å². The van der Waals surface area contributed by atoms with E-state index in [2.05, 4.69) is 0 Å². The van der Waals surface area contributed by atoms with Gasteiger partial charge in [-0.3, -0.25) is 9.59 Å². The second kappa shape index (κ2) is 8.21. The van der Waals surface area contributed by atoms with Crippen LogP contribution < -0.4 is 4.74 Å². The van der Waals surface area contributed by atoms with Crippen molar-refractivity contribution < 1.29 is 24.2 Å². The van der Waals surface area contributed by atoms with Crippen LogP contribution in [0.4, 0.5) is 0 Å². The zero-order valence-corrected chi connectivity index (χ0v) is 15.5. The molecule has 0 bridgehead atoms. The van der Waals surface area contributed by atoms with Crippen molar-refractivity contribution in [1.29, 1.82) is 0 Å². The first kappa shape index (κ1) is 19.8. The van der Waals surface area contributed by atoms with E-state index in [0.29, 0.717) is 11.3 Å². The molecule has 3 unspecified atom stereocenters. The summed E-state index contributed by atoms with van der Waals surface area (Å²) in [6.07, 6.45) is 1.35. The monoisotopic (exact) mass is 386 g/mol. The molecule has 1 aliphatic carbocycles. The van der Waals surface area contributed by atoms with E-state index in [-0.39, 0.29) is 23.9 Å². The maximum atomic E-state index is 12.6. The van der Waals surface area contributed by atoms with Crippen LogP contribution in [0.3, 0.4) is 0 Å². The quantitative estimate of drug-likeness (QED) is 0.620. The Morgan fingerprint density at radius 1 is 1.36 bits per heavy atom. The molecule has 0 spiro atoms. The van der Waals surface area contributed by atoms with E-state index in [1.54, 1.807) is 38.3 Å². The lowest BCUT2D eigenvalue weighted by atomic mass is 9.68. The first-order valence-corrected chi connectivity index (χ1v) is 8.65. The van der Waals surface area contributed by atoms with Crippen molar-refractivity contribution in [3.63, 3.8) is 0 Å². The molecule has 0 aliphatic heterocycles. The van der Waals surface area contributed by atoms with E-state index >= 15 is 0 Å². The molecule has 0 saturated heterocycles. The Labute approximate surface area is 156 Å². The van der Waals surface area contributed by atoms with Crippen molar-refractivity contribution in [1.82, 2.24) is 0 Å². The van der Waals surface area contributed by atoms with Gasteiger partial charge in [0.05, 0.1) is 19.3 Å². The Bertz CT molecular complexity index is 667. The van der Waals surface area contributed by atoms with Crippen LogP contribution in [0.5, 0.6) is 5.75 Å². The summed E-state index contributed by atoms with van der Waals surface area (Å²) in [5.74, 6) is -2.07. The predicted octanol–water partition coefficient (Wildman–Crippen LogP) is 3.36. The molecule has 25 heavy (non-hydrogen) atoms. The number of esters is 1. The fourth-order valence-corrected chi connectivity index (χ4v) is 3.52. The largest absolute Gasteiger partial charge is 0.497 e. The number of ether oxygens (including phenoxy) is 2. The number of aliphatic hydroxyl groups is 1. The van der Waals surface area contributed by atoms with Crippen LogP contribution in [0.15, 0.2) is 34.8 Å². The molecule has 1 aromatic rings. The summed E-state index contributed by atoms with van der Waals surface area (Å²) >= 11 is 11.5. The van der Waals surface area contributed by atoms with E-state index in [9.17, 15) is 14.7 Å². The number of benzene rings is 1. The van der Waals surface area contributed by atoms with E-state index in [1.807, 2.05) is 0 Å². The fraction of sp³-hybridized carbons (Fsp3) is 0.444. The number of rotatable bonds is 5. The van der Waals surface area contributed by atoms with Crippen LogP contribution in [-0.2, 0) is 19.9 Å². The first-order chi connectivity index (χ1) is 11.8. The maximum Gasteiger partial charge on any atom is 0.317 e. The smallest absolute Gasteiger partial charge is 0.317 e. The van der Waals surface area contributed by atoms with Crippen molar-refractivity contribution >= 4 is 35.0 Å². The molecule has 0 heterocycles. The number of carbonyl (C=O) groups excluding carboxylic acids is 2. The minimum absolute atomic E-state index is 0.0638. The lowest BCUT2D eigenvalue weighted by Gasteiger charge is -2.38. The van der Waals surface area contributed by atoms with Gasteiger partial charge in [-0.05, 0) is 37.1 Å². The molecule has 7 heteroatoms. The molecule has 3 atom stereocenters. The number of methoxy groups -OCH3 is 1. The molecule has 1 saturated carbocycles. The van der Waals surface area contributed by atoms with E-state index in [0.717, 1.165) is 0 Å². The third-order valence-corrected chi connectivity index (χ3v) is 4.58. The average Bonchev–Trinajstić information content (AvgIpc) is 2.54. The lowest BCUT2D eigenvalue weighted by Crippen LogP contribution is -2.45. The predicted molar refractivity (Wildman–Crippen MR) is 94.5 cm³/mol. The van der Waals surface area contributed by atoms with Gasteiger partial charge in [0.25, 0.3) is 0 Å². The minimum Gasteiger partial charge on any atom is -0.497 e. The van der Waals surface area contributed by atoms with Gasteiger partial charge in [-0.2, -0.15) is 0 Å². The van der Waals surface area contributed by atoms with Crippen molar-refractivity contribution in [2.75, 3.05) is 13.7 Å². The van der Waals surface area contributed by atoms with Crippen molar-refractivity contribution in [2.24, 2.45) is 11.8 Å². The van der Waals surface area contributed by atoms with Gasteiger partial charge in [0, 0.05) is 12.3 Å². The van der Waals surface area contributed by atoms with Crippen LogP contribution in [0, 0.1) is 11.8 Å². The summed E-state index contributed by atoms with van der Waals surface area (Å²) < 4.78 is 10.0. The second-order valence-electron chi connectivity index (χ2n) is 5.96. The maximum absolute atomic E-state index is 12.6. The molecule has 1 aromatic carbocycles. The fourth-order valence-electron chi connectivity index (χ4n) is 3.19. The summed E-state index contributed by atoms with van der Waals surface area (Å²) in [6.45, 7) is 1.83. The van der Waals surface area contributed by atoms with Crippen molar-refractivity contribution in [3.05, 3.63) is 40.4 Å². The highest BCUT2D eigenvalue weighted by atomic mass is 35.5. The number of ketones is 1. The molecule has 0 amide bonds. The molecule has 1 fully saturated rings. The van der Waals surface area contributed by atoms with Crippen LogP contribution in [0.25, 0.3) is 0 Å². The Morgan fingerprint density at radius 2 is 2.00 bits per heavy atom. The topological polar surface area (TPSA) is 72.8 Å². The van der Waals surface area contributed by atoms with Crippen LogP contribution in [0.2, 0.25) is 0 Å². The normalized spacial score (nSPS) is 26.0. The number of Topliss-reactive ketones (excluding diaryl/α,β-unsaturated/α-hetero) is 1. The number of allylic oxidation sites excluding steroid dienone is 1. The molecule has 0 aromatic heterocycles. The summed E-state index contributed by atoms with van der Waals surface area (Å²) in [6, 6.07) is 6.79. The van der Waals surface area contributed by atoms with Gasteiger partial charge in [-0.25, -0.2) is 0 Å². The zero-order chi connectivity index (χ0) is 18.6. The van der Waals surface area contributed by atoms with Gasteiger partial charge < -0.3 is 14.6 Å². The molecule has 1 aliphatic rings. The van der Waals surface area contributed by atoms with Gasteiger partial charge in [0.15, 0.2) is 5.78 Å². The lowest BCUT2D eigenvalue weighted by molar-refractivity contribution is -0.159. The van der Waals surface area contributed by atoms with Crippen LogP contribution >= 0.6 is 23.2 Å². The molecule has 136 valence electrons. The molecule has 5 nitrogen and oxygen atoms in total. The third-order valence-electron chi connectivity index (χ3n) is 4.32. The first-order valence-electron chi connectivity index (χ1n) is 7.90. The average molecular weight is 387 g/mol. The standard InChI is InChI=1S/C18H20Cl2O5/c1-3-25-17(22)16-11(8-15(19)20)9-18(23,10-14(16)21)12-4-6-13(24-2)7-5-12/h4-8,11,16,23H,3,9-10H2,1-2H3. The van der Waals surface area contributed by atoms with E-state index < -0.39 is 29.2 Å². The molecule has 0 radical (unpaired) electrons. The SMILES string of the molecule is CCOC(=O)C1C(=O)CC(O)(c2ccc(OC)cc2)CC1C=C(Cl)Cl. The Morgan fingerprint density at radius 3 is 2.52 bits per heavy atom. The molecule has 2 rings (SSSR count). The highest BCUT2D eigenvalue weighted by Gasteiger charge is 2.48. The highest BCUT2D eigenvalue weighted by Crippen LogP contribution is 2.43. The third kappa shape index (κ3) is 4.54. The number of halogens is 2. The van der Waals surface area contributed by atoms with Crippen molar-refractivity contribution in [3.8, 4) is 5.75 Å². The second-order valence-corrected chi connectivity index (χ2v) is 6.97. The van der Waals surface area contributed by atoms with E-state index in [1.165, 1.54) is 6.08 Å². The molecular weight excluding hydrogens is 367 g/mol. The summed E-state index contributed by atoms with van der Waals surface area (Å²) in [4.78, 5) is 24.8. The van der Waals surface area contributed by atoms with Gasteiger partial charge in [-0.15, -0.1) is 0 Å². The molecule has 1 N–H and O–H groups in total.